The summed E-state index contributed by atoms with van der Waals surface area (Å²) in [7, 11) is 0. The van der Waals surface area contributed by atoms with Gasteiger partial charge in [0.25, 0.3) is 5.91 Å². The van der Waals surface area contributed by atoms with Gasteiger partial charge < -0.3 is 15.4 Å². The topological polar surface area (TPSA) is 67.4 Å². The summed E-state index contributed by atoms with van der Waals surface area (Å²) < 4.78 is 5.54. The van der Waals surface area contributed by atoms with Gasteiger partial charge >= 0.3 is 0 Å². The van der Waals surface area contributed by atoms with Crippen LogP contribution in [-0.4, -0.2) is 37.4 Å². The van der Waals surface area contributed by atoms with E-state index in [4.69, 9.17) is 4.74 Å². The maximum Gasteiger partial charge on any atom is 0.260 e. The van der Waals surface area contributed by atoms with Gasteiger partial charge in [0.15, 0.2) is 11.9 Å². The number of hydrogen-bond donors (Lipinski definition) is 2. The van der Waals surface area contributed by atoms with Crippen LogP contribution in [0.1, 0.15) is 31.1 Å². The molecule has 0 aromatic heterocycles. The van der Waals surface area contributed by atoms with Crippen molar-refractivity contribution in [2.24, 2.45) is 0 Å². The molecule has 0 aliphatic carbocycles. The van der Waals surface area contributed by atoms with Gasteiger partial charge in [0.2, 0.25) is 0 Å². The van der Waals surface area contributed by atoms with Gasteiger partial charge in [-0.25, -0.2) is 0 Å². The van der Waals surface area contributed by atoms with E-state index in [-0.39, 0.29) is 24.1 Å². The van der Waals surface area contributed by atoms with Crippen molar-refractivity contribution in [1.29, 1.82) is 0 Å². The molecule has 0 saturated heterocycles. The maximum absolute atomic E-state index is 11.8. The summed E-state index contributed by atoms with van der Waals surface area (Å²) in [6.07, 6.45) is -0.598. The highest BCUT2D eigenvalue weighted by atomic mass is 35.5. The maximum atomic E-state index is 11.8. The summed E-state index contributed by atoms with van der Waals surface area (Å²) in [6, 6.07) is 6.83. The van der Waals surface area contributed by atoms with Gasteiger partial charge in [-0.15, -0.1) is 12.4 Å². The van der Waals surface area contributed by atoms with Crippen LogP contribution in [0.5, 0.6) is 5.75 Å². The van der Waals surface area contributed by atoms with Crippen LogP contribution in [-0.2, 0) is 4.79 Å². The minimum Gasteiger partial charge on any atom is -0.481 e. The van der Waals surface area contributed by atoms with Gasteiger partial charge in [0.1, 0.15) is 5.75 Å². The second-order valence-corrected chi connectivity index (χ2v) is 4.49. The normalized spacial score (nSPS) is 11.2. The zero-order valence-corrected chi connectivity index (χ0v) is 13.5. The van der Waals surface area contributed by atoms with E-state index in [1.165, 1.54) is 6.92 Å². The van der Waals surface area contributed by atoms with E-state index in [1.54, 1.807) is 31.2 Å². The fourth-order valence-corrected chi connectivity index (χ4v) is 1.64. The third-order valence-corrected chi connectivity index (χ3v) is 2.77. The molecule has 0 saturated carbocycles. The molecule has 1 aromatic rings. The first-order chi connectivity index (χ1) is 9.54. The van der Waals surface area contributed by atoms with Crippen molar-refractivity contribution >= 4 is 24.1 Å². The lowest BCUT2D eigenvalue weighted by atomic mass is 10.1. The number of carbonyl (C=O) groups is 2. The molecule has 0 bridgehead atoms. The smallest absolute Gasteiger partial charge is 0.260 e. The summed E-state index contributed by atoms with van der Waals surface area (Å²) in [6.45, 7) is 7.36. The number of Topliss-reactive ketones (excluding diaryl/α,β-unsaturated/α-hetero) is 1. The van der Waals surface area contributed by atoms with Crippen molar-refractivity contribution in [3.63, 3.8) is 0 Å². The zero-order valence-electron chi connectivity index (χ0n) is 12.6. The quantitative estimate of drug-likeness (QED) is 0.567. The Kier molecular flexibility index (Phi) is 9.41. The molecular weight excluding hydrogens is 292 g/mol. The number of benzene rings is 1. The standard InChI is InChI=1S/C15H22N2O3.ClH/c1-4-16-8-9-17-15(19)12(3)20-14-7-5-6-13(10-14)11(2)18;/h5-7,10,12,16H,4,8-9H2,1-3H3,(H,17,19);1H. The molecule has 1 atom stereocenters. The highest BCUT2D eigenvalue weighted by molar-refractivity contribution is 5.94. The molecule has 0 aliphatic rings. The first kappa shape index (κ1) is 19.4. The van der Waals surface area contributed by atoms with E-state index in [1.807, 2.05) is 6.92 Å². The summed E-state index contributed by atoms with van der Waals surface area (Å²) in [5.41, 5.74) is 0.572. The third-order valence-electron chi connectivity index (χ3n) is 2.77. The van der Waals surface area contributed by atoms with Gasteiger partial charge in [-0.3, -0.25) is 9.59 Å². The predicted octanol–water partition coefficient (Wildman–Crippen LogP) is 1.80. The highest BCUT2D eigenvalue weighted by Crippen LogP contribution is 2.15. The number of likely N-dealkylation sites (N-methyl/N-ethyl adjacent to an activating group) is 1. The summed E-state index contributed by atoms with van der Waals surface area (Å²) in [5.74, 6) is 0.321. The predicted molar refractivity (Wildman–Crippen MR) is 85.3 cm³/mol. The van der Waals surface area contributed by atoms with Crippen LogP contribution < -0.4 is 15.4 Å². The van der Waals surface area contributed by atoms with Crippen molar-refractivity contribution in [2.75, 3.05) is 19.6 Å². The monoisotopic (exact) mass is 314 g/mol. The number of amides is 1. The largest absolute Gasteiger partial charge is 0.481 e. The second kappa shape index (κ2) is 10.2. The number of ketones is 1. The molecule has 5 nitrogen and oxygen atoms in total. The lowest BCUT2D eigenvalue weighted by molar-refractivity contribution is -0.127. The highest BCUT2D eigenvalue weighted by Gasteiger charge is 2.14. The zero-order chi connectivity index (χ0) is 15.0. The SMILES string of the molecule is CCNCCNC(=O)C(C)Oc1cccc(C(C)=O)c1.Cl. The van der Waals surface area contributed by atoms with E-state index in [9.17, 15) is 9.59 Å². The van der Waals surface area contributed by atoms with Gasteiger partial charge in [0.05, 0.1) is 0 Å². The minimum atomic E-state index is -0.598. The Morgan fingerprint density at radius 2 is 2.00 bits per heavy atom. The van der Waals surface area contributed by atoms with Gasteiger partial charge in [-0.1, -0.05) is 19.1 Å². The summed E-state index contributed by atoms with van der Waals surface area (Å²) in [4.78, 5) is 23.1. The Morgan fingerprint density at radius 3 is 2.62 bits per heavy atom. The number of ether oxygens (including phenoxy) is 1. The number of nitrogens with one attached hydrogen (secondary N) is 2. The minimum absolute atomic E-state index is 0. The fourth-order valence-electron chi connectivity index (χ4n) is 1.64. The van der Waals surface area contributed by atoms with E-state index in [0.29, 0.717) is 17.9 Å². The third kappa shape index (κ3) is 7.11. The molecule has 0 aliphatic heterocycles. The molecule has 2 N–H and O–H groups in total. The van der Waals surface area contributed by atoms with Crippen LogP contribution in [0, 0.1) is 0 Å². The lowest BCUT2D eigenvalue weighted by Gasteiger charge is -2.15. The van der Waals surface area contributed by atoms with Crippen LogP contribution >= 0.6 is 12.4 Å². The van der Waals surface area contributed by atoms with Crippen molar-refractivity contribution in [1.82, 2.24) is 10.6 Å². The number of rotatable bonds is 8. The van der Waals surface area contributed by atoms with Crippen LogP contribution in [0.4, 0.5) is 0 Å². The second-order valence-electron chi connectivity index (χ2n) is 4.49. The van der Waals surface area contributed by atoms with Gasteiger partial charge in [0, 0.05) is 18.7 Å². The number of hydrogen-bond acceptors (Lipinski definition) is 4. The van der Waals surface area contributed by atoms with Crippen LogP contribution in [0.15, 0.2) is 24.3 Å². The molecule has 1 aromatic carbocycles. The van der Waals surface area contributed by atoms with Crippen LogP contribution in [0.3, 0.4) is 0 Å². The average Bonchev–Trinajstić information content (AvgIpc) is 2.43. The van der Waals surface area contributed by atoms with Crippen molar-refractivity contribution < 1.29 is 14.3 Å². The van der Waals surface area contributed by atoms with Crippen LogP contribution in [0.2, 0.25) is 0 Å². The Morgan fingerprint density at radius 1 is 1.29 bits per heavy atom. The summed E-state index contributed by atoms with van der Waals surface area (Å²) >= 11 is 0. The molecule has 0 heterocycles. The number of halogens is 1. The van der Waals surface area contributed by atoms with E-state index >= 15 is 0 Å². The lowest BCUT2D eigenvalue weighted by Crippen LogP contribution is -2.39. The first-order valence-corrected chi connectivity index (χ1v) is 6.80. The van der Waals surface area contributed by atoms with Crippen LogP contribution in [0.25, 0.3) is 0 Å². The molecule has 1 amide bonds. The number of carbonyl (C=O) groups excluding carboxylic acids is 2. The Balaban J connectivity index is 0.00000400. The molecule has 118 valence electrons. The molecule has 0 fully saturated rings. The summed E-state index contributed by atoms with van der Waals surface area (Å²) in [5, 5.41) is 5.90. The molecule has 1 rings (SSSR count). The van der Waals surface area contributed by atoms with E-state index in [0.717, 1.165) is 13.1 Å². The van der Waals surface area contributed by atoms with E-state index in [2.05, 4.69) is 10.6 Å². The van der Waals surface area contributed by atoms with Crippen molar-refractivity contribution in [3.05, 3.63) is 29.8 Å². The Hall–Kier alpha value is -1.59. The molecule has 0 spiro atoms. The van der Waals surface area contributed by atoms with Crippen molar-refractivity contribution in [3.8, 4) is 5.75 Å². The average molecular weight is 315 g/mol. The molecule has 1 unspecified atom stereocenters. The molecular formula is C15H23ClN2O3. The first-order valence-electron chi connectivity index (χ1n) is 6.80. The van der Waals surface area contributed by atoms with Crippen molar-refractivity contribution in [2.45, 2.75) is 26.9 Å². The molecule has 0 radical (unpaired) electrons. The van der Waals surface area contributed by atoms with Gasteiger partial charge in [-0.2, -0.15) is 0 Å². The van der Waals surface area contributed by atoms with Gasteiger partial charge in [-0.05, 0) is 32.5 Å². The Labute approximate surface area is 131 Å². The molecule has 21 heavy (non-hydrogen) atoms. The fraction of sp³-hybridized carbons (Fsp3) is 0.467. The molecule has 6 heteroatoms. The Bertz CT molecular complexity index is 466. The van der Waals surface area contributed by atoms with E-state index < -0.39 is 6.10 Å².